The Morgan fingerprint density at radius 3 is 2.11 bits per heavy atom. The van der Waals surface area contributed by atoms with Crippen molar-refractivity contribution in [3.05, 3.63) is 71.3 Å². The quantitative estimate of drug-likeness (QED) is 0.694. The summed E-state index contributed by atoms with van der Waals surface area (Å²) in [6.45, 7) is 0.858. The van der Waals surface area contributed by atoms with Crippen LogP contribution < -0.4 is 0 Å². The molecule has 7 rings (SSSR count). The van der Waals surface area contributed by atoms with E-state index in [2.05, 4.69) is 59.5 Å². The Labute approximate surface area is 167 Å². The molecule has 2 aromatic rings. The number of benzene rings is 2. The van der Waals surface area contributed by atoms with Crippen LogP contribution in [0.5, 0.6) is 0 Å². The highest BCUT2D eigenvalue weighted by atomic mass is 16.2. The molecule has 2 nitrogen and oxygen atoms in total. The lowest BCUT2D eigenvalue weighted by Crippen LogP contribution is -2.56. The highest BCUT2D eigenvalue weighted by molar-refractivity contribution is 5.84. The summed E-state index contributed by atoms with van der Waals surface area (Å²) in [5.74, 6) is 2.89. The zero-order valence-electron chi connectivity index (χ0n) is 16.5. The van der Waals surface area contributed by atoms with Crippen molar-refractivity contribution in [1.29, 1.82) is 0 Å². The van der Waals surface area contributed by atoms with E-state index < -0.39 is 0 Å². The van der Waals surface area contributed by atoms with Gasteiger partial charge in [-0.2, -0.15) is 0 Å². The van der Waals surface area contributed by atoms with Crippen LogP contribution in [0.25, 0.3) is 0 Å². The lowest BCUT2D eigenvalue weighted by atomic mass is 9.49. The average Bonchev–Trinajstić information content (AvgIpc) is 2.72. The summed E-state index contributed by atoms with van der Waals surface area (Å²) >= 11 is 0. The number of rotatable bonds is 2. The van der Waals surface area contributed by atoms with Crippen molar-refractivity contribution in [3.63, 3.8) is 0 Å². The van der Waals surface area contributed by atoms with Gasteiger partial charge in [0.05, 0.1) is 11.5 Å². The summed E-state index contributed by atoms with van der Waals surface area (Å²) in [5, 5.41) is 0. The topological polar surface area (TPSA) is 20.3 Å². The third-order valence-corrected chi connectivity index (χ3v) is 8.15. The maximum absolute atomic E-state index is 14.2. The van der Waals surface area contributed by atoms with Gasteiger partial charge in [0.2, 0.25) is 5.91 Å². The van der Waals surface area contributed by atoms with E-state index in [1.54, 1.807) is 0 Å². The largest absolute Gasteiger partial charge is 0.331 e. The molecule has 28 heavy (non-hydrogen) atoms. The molecule has 144 valence electrons. The monoisotopic (exact) mass is 371 g/mol. The third-order valence-electron chi connectivity index (χ3n) is 8.15. The fourth-order valence-corrected chi connectivity index (χ4v) is 7.46. The van der Waals surface area contributed by atoms with Crippen LogP contribution in [0.15, 0.2) is 54.6 Å². The van der Waals surface area contributed by atoms with Gasteiger partial charge in [-0.05, 0) is 79.4 Å². The van der Waals surface area contributed by atoms with Crippen molar-refractivity contribution in [2.24, 2.45) is 23.2 Å². The first kappa shape index (κ1) is 16.8. The van der Waals surface area contributed by atoms with Gasteiger partial charge in [-0.25, -0.2) is 0 Å². The summed E-state index contributed by atoms with van der Waals surface area (Å²) in [6.07, 6.45) is 8.59. The molecular formula is C26H29NO. The van der Waals surface area contributed by atoms with Crippen LogP contribution in [0.3, 0.4) is 0 Å². The Hall–Kier alpha value is -2.09. The fourth-order valence-electron chi connectivity index (χ4n) is 7.46. The smallest absolute Gasteiger partial charge is 0.229 e. The Kier molecular flexibility index (Phi) is 3.73. The minimum absolute atomic E-state index is 0.0614. The second kappa shape index (κ2) is 6.20. The van der Waals surface area contributed by atoms with Crippen LogP contribution in [0.4, 0.5) is 0 Å². The SMILES string of the molecule is O=C(N1CCc2ccccc2C1c1ccccc1)C12CC3CC(CC(C3)C1)C2. The summed E-state index contributed by atoms with van der Waals surface area (Å²) in [6, 6.07) is 19.5. The molecule has 4 saturated carbocycles. The highest BCUT2D eigenvalue weighted by Gasteiger charge is 2.56. The zero-order chi connectivity index (χ0) is 18.7. The number of nitrogens with zero attached hydrogens (tertiary/aromatic N) is 1. The molecule has 1 unspecified atom stereocenters. The number of carbonyl (C=O) groups is 1. The van der Waals surface area contributed by atoms with E-state index in [1.807, 2.05) is 0 Å². The lowest BCUT2D eigenvalue weighted by Gasteiger charge is -2.57. The minimum atomic E-state index is -0.0614. The molecule has 1 aliphatic heterocycles. The van der Waals surface area contributed by atoms with E-state index in [1.165, 1.54) is 36.0 Å². The van der Waals surface area contributed by atoms with Crippen LogP contribution >= 0.6 is 0 Å². The average molecular weight is 372 g/mol. The fraction of sp³-hybridized carbons (Fsp3) is 0.500. The van der Waals surface area contributed by atoms with Crippen molar-refractivity contribution in [1.82, 2.24) is 4.90 Å². The first-order valence-corrected chi connectivity index (χ1v) is 11.2. The van der Waals surface area contributed by atoms with Gasteiger partial charge in [-0.15, -0.1) is 0 Å². The zero-order valence-corrected chi connectivity index (χ0v) is 16.5. The summed E-state index contributed by atoms with van der Waals surface area (Å²) in [7, 11) is 0. The van der Waals surface area contributed by atoms with Crippen molar-refractivity contribution in [3.8, 4) is 0 Å². The van der Waals surface area contributed by atoms with Gasteiger partial charge in [-0.1, -0.05) is 54.6 Å². The number of carbonyl (C=O) groups excluding carboxylic acids is 1. The normalized spacial score (nSPS) is 35.6. The second-order valence-electron chi connectivity index (χ2n) is 9.96. The lowest BCUT2D eigenvalue weighted by molar-refractivity contribution is -0.159. The molecule has 2 aromatic carbocycles. The van der Waals surface area contributed by atoms with E-state index in [-0.39, 0.29) is 11.5 Å². The number of hydrogen-bond donors (Lipinski definition) is 0. The third kappa shape index (κ3) is 2.50. The van der Waals surface area contributed by atoms with Crippen molar-refractivity contribution in [2.45, 2.75) is 51.0 Å². The molecule has 5 aliphatic rings. The maximum atomic E-state index is 14.2. The van der Waals surface area contributed by atoms with E-state index >= 15 is 0 Å². The minimum Gasteiger partial charge on any atom is -0.331 e. The molecule has 0 radical (unpaired) electrons. The predicted molar refractivity (Wildman–Crippen MR) is 111 cm³/mol. The van der Waals surface area contributed by atoms with Crippen molar-refractivity contribution < 1.29 is 4.79 Å². The van der Waals surface area contributed by atoms with Crippen LogP contribution in [0, 0.1) is 23.2 Å². The highest BCUT2D eigenvalue weighted by Crippen LogP contribution is 2.61. The Morgan fingerprint density at radius 2 is 1.43 bits per heavy atom. The molecule has 1 heterocycles. The first-order chi connectivity index (χ1) is 13.7. The maximum Gasteiger partial charge on any atom is 0.229 e. The number of amides is 1. The van der Waals surface area contributed by atoms with E-state index in [0.29, 0.717) is 5.91 Å². The molecule has 0 spiro atoms. The Bertz CT molecular complexity index is 866. The van der Waals surface area contributed by atoms with Gasteiger partial charge in [0, 0.05) is 6.54 Å². The standard InChI is InChI=1S/C26H29NO/c28-25(26-15-18-12-19(16-26)14-20(13-18)17-26)27-11-10-21-6-4-5-9-23(21)24(27)22-7-2-1-3-8-22/h1-9,18-20,24H,10-17H2. The molecular weight excluding hydrogens is 342 g/mol. The van der Waals surface area contributed by atoms with Crippen molar-refractivity contribution >= 4 is 5.91 Å². The van der Waals surface area contributed by atoms with Crippen LogP contribution in [-0.4, -0.2) is 17.4 Å². The molecule has 1 amide bonds. The van der Waals surface area contributed by atoms with Gasteiger partial charge < -0.3 is 4.90 Å². The van der Waals surface area contributed by atoms with Gasteiger partial charge in [0.15, 0.2) is 0 Å². The van der Waals surface area contributed by atoms with Gasteiger partial charge in [0.25, 0.3) is 0 Å². The van der Waals surface area contributed by atoms with Crippen LogP contribution in [0.2, 0.25) is 0 Å². The van der Waals surface area contributed by atoms with E-state index in [0.717, 1.165) is 50.0 Å². The number of hydrogen-bond acceptors (Lipinski definition) is 1. The molecule has 4 fully saturated rings. The Balaban J connectivity index is 1.41. The van der Waals surface area contributed by atoms with E-state index in [9.17, 15) is 4.79 Å². The predicted octanol–water partition coefficient (Wildman–Crippen LogP) is 5.38. The van der Waals surface area contributed by atoms with E-state index in [4.69, 9.17) is 0 Å². The van der Waals surface area contributed by atoms with Crippen LogP contribution in [0.1, 0.15) is 61.3 Å². The van der Waals surface area contributed by atoms with Crippen LogP contribution in [-0.2, 0) is 11.2 Å². The Morgan fingerprint density at radius 1 is 0.821 bits per heavy atom. The summed E-state index contributed by atoms with van der Waals surface area (Å²) < 4.78 is 0. The van der Waals surface area contributed by atoms with Gasteiger partial charge in [-0.3, -0.25) is 4.79 Å². The molecule has 0 aromatic heterocycles. The molecule has 4 aliphatic carbocycles. The molecule has 0 N–H and O–H groups in total. The molecule has 2 heteroatoms. The molecule has 4 bridgehead atoms. The van der Waals surface area contributed by atoms with Gasteiger partial charge in [0.1, 0.15) is 0 Å². The second-order valence-corrected chi connectivity index (χ2v) is 9.96. The molecule has 1 atom stereocenters. The summed E-state index contributed by atoms with van der Waals surface area (Å²) in [5.41, 5.74) is 3.94. The van der Waals surface area contributed by atoms with Gasteiger partial charge >= 0.3 is 0 Å². The number of fused-ring (bicyclic) bond motifs is 1. The summed E-state index contributed by atoms with van der Waals surface area (Å²) in [4.78, 5) is 16.4. The first-order valence-electron chi connectivity index (χ1n) is 11.2. The molecule has 0 saturated heterocycles. The van der Waals surface area contributed by atoms with Crippen molar-refractivity contribution in [2.75, 3.05) is 6.54 Å².